The van der Waals surface area contributed by atoms with Crippen LogP contribution in [0.1, 0.15) is 21.3 Å². The van der Waals surface area contributed by atoms with Gasteiger partial charge < -0.3 is 5.32 Å². The minimum absolute atomic E-state index is 0.0427. The number of hydrogen-bond donors (Lipinski definition) is 2. The Balaban J connectivity index is 1.71. The highest BCUT2D eigenvalue weighted by Gasteiger charge is 2.30. The number of nitriles is 1. The van der Waals surface area contributed by atoms with Crippen molar-refractivity contribution in [2.24, 2.45) is 5.10 Å². The van der Waals surface area contributed by atoms with Gasteiger partial charge >= 0.3 is 0 Å². The van der Waals surface area contributed by atoms with Crippen LogP contribution < -0.4 is 10.7 Å². The molecule has 0 spiro atoms. The average Bonchev–Trinajstić information content (AvgIpc) is 3.49. The quantitative estimate of drug-likeness (QED) is 0.149. The highest BCUT2D eigenvalue weighted by molar-refractivity contribution is 7.10. The van der Waals surface area contributed by atoms with E-state index in [9.17, 15) is 45.2 Å². The van der Waals surface area contributed by atoms with Crippen molar-refractivity contribution in [2.75, 3.05) is 5.32 Å². The number of nitrogens with one attached hydrogen (secondary N) is 2. The molecular weight excluding hydrogens is 586 g/mol. The van der Waals surface area contributed by atoms with Gasteiger partial charge in [-0.15, -0.1) is 11.3 Å². The van der Waals surface area contributed by atoms with Gasteiger partial charge in [0, 0.05) is 47.1 Å². The summed E-state index contributed by atoms with van der Waals surface area (Å²) in [5.41, 5.74) is 0.489. The van der Waals surface area contributed by atoms with Gasteiger partial charge in [-0.1, -0.05) is 0 Å². The Morgan fingerprint density at radius 1 is 0.930 bits per heavy atom. The van der Waals surface area contributed by atoms with Crippen molar-refractivity contribution in [1.82, 2.24) is 15.4 Å². The maximum atomic E-state index is 13.4. The van der Waals surface area contributed by atoms with Crippen molar-refractivity contribution in [3.63, 3.8) is 0 Å². The second-order valence-electron chi connectivity index (χ2n) is 8.28. The summed E-state index contributed by atoms with van der Waals surface area (Å²) >= 11 is 0.951. The van der Waals surface area contributed by atoms with E-state index < -0.39 is 55.3 Å². The molecule has 0 saturated carbocycles. The van der Waals surface area contributed by atoms with E-state index in [1.807, 2.05) is 6.07 Å². The molecule has 18 heteroatoms. The van der Waals surface area contributed by atoms with Crippen LogP contribution in [0.5, 0.6) is 0 Å². The molecule has 0 aliphatic rings. The standard InChI is InChI=1S/C25H15N9O8S/c26-12-18(25-29-20(13-43-25)14-1-3-16(4-2-14)32(37)38)22(30-31-23(35)15-7-9-27-10-8-15)24(36)28-19-6-5-17(33(39)40)11-21(19)34(41)42/h1-11,13,18H,(H,28,36)(H,31,35)/b30-22+/t18-/m1/s1. The van der Waals surface area contributed by atoms with Gasteiger partial charge in [0.1, 0.15) is 22.3 Å². The number of carbonyl (C=O) groups is 2. The number of anilines is 1. The van der Waals surface area contributed by atoms with Crippen molar-refractivity contribution in [1.29, 1.82) is 5.26 Å². The molecule has 2 N–H and O–H groups in total. The van der Waals surface area contributed by atoms with Crippen LogP contribution in [0.2, 0.25) is 0 Å². The molecule has 0 saturated heterocycles. The molecule has 2 heterocycles. The average molecular weight is 602 g/mol. The van der Waals surface area contributed by atoms with Crippen molar-refractivity contribution < 1.29 is 24.4 Å². The fourth-order valence-electron chi connectivity index (χ4n) is 3.54. The molecule has 0 aliphatic heterocycles. The van der Waals surface area contributed by atoms with Gasteiger partial charge in [0.15, 0.2) is 0 Å². The first-order chi connectivity index (χ1) is 20.6. The van der Waals surface area contributed by atoms with E-state index in [1.165, 1.54) is 54.2 Å². The number of amides is 2. The lowest BCUT2D eigenvalue weighted by Crippen LogP contribution is -2.32. The third-order valence-electron chi connectivity index (χ3n) is 5.64. The van der Waals surface area contributed by atoms with Crippen LogP contribution in [0.3, 0.4) is 0 Å². The maximum absolute atomic E-state index is 13.4. The summed E-state index contributed by atoms with van der Waals surface area (Å²) in [7, 11) is 0. The lowest BCUT2D eigenvalue weighted by atomic mass is 10.0. The first-order valence-electron chi connectivity index (χ1n) is 11.7. The predicted molar refractivity (Wildman–Crippen MR) is 150 cm³/mol. The lowest BCUT2D eigenvalue weighted by Gasteiger charge is -2.12. The first-order valence-corrected chi connectivity index (χ1v) is 12.6. The Morgan fingerprint density at radius 3 is 2.19 bits per heavy atom. The zero-order valence-corrected chi connectivity index (χ0v) is 22.1. The molecule has 0 bridgehead atoms. The van der Waals surface area contributed by atoms with Crippen LogP contribution in [0.15, 0.2) is 77.5 Å². The van der Waals surface area contributed by atoms with Crippen LogP contribution in [-0.4, -0.2) is 42.3 Å². The van der Waals surface area contributed by atoms with Gasteiger partial charge in [0.05, 0.1) is 32.6 Å². The topological polar surface area (TPSA) is 250 Å². The minimum Gasteiger partial charge on any atom is -0.315 e. The molecule has 0 unspecified atom stereocenters. The summed E-state index contributed by atoms with van der Waals surface area (Å²) in [6, 6.07) is 12.6. The molecule has 4 aromatic rings. The summed E-state index contributed by atoms with van der Waals surface area (Å²) in [5.74, 6) is -3.42. The molecule has 0 aliphatic carbocycles. The highest BCUT2D eigenvalue weighted by Crippen LogP contribution is 2.31. The van der Waals surface area contributed by atoms with E-state index in [4.69, 9.17) is 0 Å². The number of nitro benzene ring substituents is 3. The van der Waals surface area contributed by atoms with Crippen LogP contribution >= 0.6 is 11.3 Å². The number of benzene rings is 2. The molecule has 17 nitrogen and oxygen atoms in total. The molecule has 2 amide bonds. The van der Waals surface area contributed by atoms with E-state index in [-0.39, 0.29) is 16.3 Å². The number of carbonyl (C=O) groups excluding carboxylic acids is 2. The lowest BCUT2D eigenvalue weighted by molar-refractivity contribution is -0.393. The number of nitrogens with zero attached hydrogens (tertiary/aromatic N) is 7. The predicted octanol–water partition coefficient (Wildman–Crippen LogP) is 3.96. The molecule has 4 rings (SSSR count). The number of non-ortho nitro benzene ring substituents is 2. The number of nitro groups is 3. The Kier molecular flexibility index (Phi) is 8.78. The summed E-state index contributed by atoms with van der Waals surface area (Å²) < 4.78 is 0. The summed E-state index contributed by atoms with van der Waals surface area (Å²) in [6.45, 7) is 0. The molecule has 2 aromatic heterocycles. The van der Waals surface area contributed by atoms with E-state index in [1.54, 1.807) is 0 Å². The Labute approximate surface area is 243 Å². The second kappa shape index (κ2) is 12.8. The number of hydrogen-bond acceptors (Lipinski definition) is 13. The smallest absolute Gasteiger partial charge is 0.299 e. The van der Waals surface area contributed by atoms with E-state index in [0.717, 1.165) is 23.5 Å². The van der Waals surface area contributed by atoms with Crippen LogP contribution in [0, 0.1) is 41.7 Å². The van der Waals surface area contributed by atoms with Gasteiger partial charge in [-0.25, -0.2) is 10.4 Å². The van der Waals surface area contributed by atoms with Gasteiger partial charge in [-0.05, 0) is 30.3 Å². The normalized spacial score (nSPS) is 11.6. The van der Waals surface area contributed by atoms with E-state index >= 15 is 0 Å². The van der Waals surface area contributed by atoms with E-state index in [0.29, 0.717) is 17.3 Å². The first kappa shape index (κ1) is 29.5. The molecule has 0 fully saturated rings. The van der Waals surface area contributed by atoms with Crippen molar-refractivity contribution in [3.05, 3.63) is 113 Å². The number of hydrazone groups is 1. The molecule has 2 aromatic carbocycles. The van der Waals surface area contributed by atoms with Gasteiger partial charge in [-0.2, -0.15) is 10.4 Å². The van der Waals surface area contributed by atoms with Crippen molar-refractivity contribution >= 4 is 51.6 Å². The summed E-state index contributed by atoms with van der Waals surface area (Å²) in [6.07, 6.45) is 2.68. The third-order valence-corrected chi connectivity index (χ3v) is 6.54. The Hall–Kier alpha value is -6.48. The Bertz CT molecular complexity index is 1820. The number of pyridine rings is 1. The summed E-state index contributed by atoms with van der Waals surface area (Å²) in [4.78, 5) is 65.4. The number of aromatic nitrogens is 2. The highest BCUT2D eigenvalue weighted by atomic mass is 32.1. The second-order valence-corrected chi connectivity index (χ2v) is 9.17. The third kappa shape index (κ3) is 6.82. The van der Waals surface area contributed by atoms with Crippen molar-refractivity contribution in [2.45, 2.75) is 5.92 Å². The fraction of sp³-hybridized carbons (Fsp3) is 0.0400. The molecule has 214 valence electrons. The van der Waals surface area contributed by atoms with E-state index in [2.05, 4.69) is 25.8 Å². The zero-order chi connectivity index (χ0) is 31.1. The summed E-state index contributed by atoms with van der Waals surface area (Å²) in [5, 5.41) is 51.3. The number of rotatable bonds is 10. The van der Waals surface area contributed by atoms with Gasteiger partial charge in [0.2, 0.25) is 0 Å². The van der Waals surface area contributed by atoms with Gasteiger partial charge in [0.25, 0.3) is 28.9 Å². The molecule has 1 atom stereocenters. The Morgan fingerprint density at radius 2 is 1.58 bits per heavy atom. The SMILES string of the molecule is N#C[C@H](/C(=N\NC(=O)c1ccncc1)C(=O)Nc1ccc([N+](=O)[O-])cc1[N+](=O)[O-])c1nc(-c2ccc([N+](=O)[O-])cc2)cs1. The van der Waals surface area contributed by atoms with Gasteiger partial charge in [-0.3, -0.25) is 44.9 Å². The monoisotopic (exact) mass is 601 g/mol. The zero-order valence-electron chi connectivity index (χ0n) is 21.3. The molecule has 0 radical (unpaired) electrons. The largest absolute Gasteiger partial charge is 0.315 e. The van der Waals surface area contributed by atoms with Crippen molar-refractivity contribution in [3.8, 4) is 17.3 Å². The van der Waals surface area contributed by atoms with Crippen LogP contribution in [-0.2, 0) is 4.79 Å². The molecule has 43 heavy (non-hydrogen) atoms. The van der Waals surface area contributed by atoms with Crippen LogP contribution in [0.25, 0.3) is 11.3 Å². The minimum atomic E-state index is -1.51. The number of thiazole rings is 1. The maximum Gasteiger partial charge on any atom is 0.299 e. The molecular formula is C25H15N9O8S. The van der Waals surface area contributed by atoms with Crippen LogP contribution in [0.4, 0.5) is 22.7 Å². The fourth-order valence-corrected chi connectivity index (χ4v) is 4.41.